The Morgan fingerprint density at radius 3 is 0.887 bits per heavy atom. The number of ether oxygens (including phenoxy) is 6. The van der Waals surface area contributed by atoms with Crippen LogP contribution in [0, 0.1) is 0 Å². The van der Waals surface area contributed by atoms with Crippen LogP contribution in [0.15, 0.2) is 0 Å². The molecule has 4 atom stereocenters. The average molecular weight is 953 g/mol. The molecule has 0 saturated carbocycles. The van der Waals surface area contributed by atoms with Gasteiger partial charge < -0.3 is 48.2 Å². The molecule has 0 aliphatic heterocycles. The van der Waals surface area contributed by atoms with E-state index in [1.165, 1.54) is 91.9 Å². The van der Waals surface area contributed by atoms with Crippen molar-refractivity contribution in [1.29, 1.82) is 0 Å². The maximum atomic E-state index is 12.5. The number of hydrogen-bond acceptors (Lipinski definition) is 16. The number of aliphatic carboxylic acids is 2. The van der Waals surface area contributed by atoms with Crippen LogP contribution in [0.25, 0.3) is 0 Å². The summed E-state index contributed by atoms with van der Waals surface area (Å²) in [6.07, 6.45) is 16.4. The van der Waals surface area contributed by atoms with Crippen molar-refractivity contribution in [3.05, 3.63) is 0 Å². The van der Waals surface area contributed by atoms with E-state index in [1.54, 1.807) is 0 Å². The number of carboxylic acids is 2. The van der Waals surface area contributed by atoms with E-state index in [4.69, 9.17) is 28.4 Å². The van der Waals surface area contributed by atoms with Gasteiger partial charge in [-0.05, 0) is 40.5 Å². The van der Waals surface area contributed by atoms with Crippen LogP contribution in [0.4, 0.5) is 0 Å². The van der Waals surface area contributed by atoms with Gasteiger partial charge in [-0.1, -0.05) is 129 Å². The summed E-state index contributed by atoms with van der Waals surface area (Å²) in [6, 6.07) is 0. The molecule has 22 heteroatoms. The standard InChI is InChI=1S/2C20H38O9S.2Na/c2*1-4-7-8-9-10-11-12-13-14-15-16-28-19(23)20(29-6-3,30(24,25)26)17(18(21)22)27-5-2;;/h2*17H,4-16H2,1-3H3,(H,21,22)(H,24,25,26);;/q;;2*+1/p-2. The number of rotatable bonds is 38. The van der Waals surface area contributed by atoms with Crippen LogP contribution in [-0.2, 0) is 67.8 Å². The van der Waals surface area contributed by atoms with E-state index in [0.29, 0.717) is 12.8 Å². The van der Waals surface area contributed by atoms with E-state index in [2.05, 4.69) is 13.8 Å². The molecule has 0 radical (unpaired) electrons. The molecule has 2 N–H and O–H groups in total. The molecule has 0 heterocycles. The summed E-state index contributed by atoms with van der Waals surface area (Å²) in [7, 11) is -10.7. The average Bonchev–Trinajstić information content (AvgIpc) is 3.17. The van der Waals surface area contributed by atoms with Crippen LogP contribution in [0.1, 0.15) is 170 Å². The third-order valence-electron chi connectivity index (χ3n) is 9.30. The predicted molar refractivity (Wildman–Crippen MR) is 218 cm³/mol. The number of carbonyl (C=O) groups excluding carboxylic acids is 4. The van der Waals surface area contributed by atoms with Crippen molar-refractivity contribution in [2.45, 2.75) is 192 Å². The van der Waals surface area contributed by atoms with Crippen molar-refractivity contribution >= 4 is 44.1 Å². The molecule has 0 bridgehead atoms. The molecule has 0 aliphatic rings. The molecule has 0 aromatic heterocycles. The zero-order valence-electron chi connectivity index (χ0n) is 38.8. The van der Waals surface area contributed by atoms with E-state index >= 15 is 0 Å². The summed E-state index contributed by atoms with van der Waals surface area (Å²) in [5.74, 6) is -7.10. The van der Waals surface area contributed by atoms with Crippen molar-refractivity contribution < 1.29 is 143 Å². The van der Waals surface area contributed by atoms with Crippen LogP contribution in [-0.4, -0.2) is 112 Å². The number of carbonyl (C=O) groups is 4. The zero-order valence-corrected chi connectivity index (χ0v) is 44.4. The molecule has 0 aromatic rings. The van der Waals surface area contributed by atoms with E-state index in [-0.39, 0.29) is 98.8 Å². The summed E-state index contributed by atoms with van der Waals surface area (Å²) >= 11 is 0. The second-order valence-corrected chi connectivity index (χ2v) is 17.2. The largest absolute Gasteiger partial charge is 1.00 e. The van der Waals surface area contributed by atoms with Crippen molar-refractivity contribution in [2.24, 2.45) is 0 Å². The van der Waals surface area contributed by atoms with E-state index in [9.17, 15) is 55.3 Å². The first-order valence-electron chi connectivity index (χ1n) is 21.6. The van der Waals surface area contributed by atoms with Gasteiger partial charge in [-0.3, -0.25) is 9.11 Å². The molecular formula is C40H74Na2O18S2. The normalized spacial score (nSPS) is 14.3. The Morgan fingerprint density at radius 1 is 0.452 bits per heavy atom. The fraction of sp³-hybridized carbons (Fsp3) is 0.900. The Labute approximate surface area is 415 Å². The van der Waals surface area contributed by atoms with Crippen LogP contribution in [0.2, 0.25) is 0 Å². The maximum absolute atomic E-state index is 12.5. The SMILES string of the molecule is CCCCCCCCCCCCOC(=O)C(OCC)(C(OCC)C(=O)[O-])S(=O)(=O)O.CCCCCCCCCCCCOC(=O)C(OCC)(C(OCC)C(=O)[O-])S(=O)(=O)O.[Na+].[Na+]. The minimum Gasteiger partial charge on any atom is -0.547 e. The number of carboxylic acid groups (broad SMARTS) is 2. The smallest absolute Gasteiger partial charge is 0.547 e. The number of unbranched alkanes of at least 4 members (excludes halogenated alkanes) is 18. The first kappa shape index (κ1) is 68.1. The first-order chi connectivity index (χ1) is 28.4. The van der Waals surface area contributed by atoms with Crippen LogP contribution in [0.3, 0.4) is 0 Å². The van der Waals surface area contributed by atoms with Crippen molar-refractivity contribution in [3.63, 3.8) is 0 Å². The molecule has 0 aliphatic carbocycles. The molecule has 0 fully saturated rings. The predicted octanol–water partition coefficient (Wildman–Crippen LogP) is -1.54. The maximum Gasteiger partial charge on any atom is 1.00 e. The van der Waals surface area contributed by atoms with Crippen LogP contribution >= 0.6 is 0 Å². The van der Waals surface area contributed by atoms with E-state index in [0.717, 1.165) is 51.4 Å². The number of esters is 2. The fourth-order valence-corrected chi connectivity index (χ4v) is 8.19. The molecule has 18 nitrogen and oxygen atoms in total. The molecule has 62 heavy (non-hydrogen) atoms. The second-order valence-electron chi connectivity index (χ2n) is 14.1. The summed E-state index contributed by atoms with van der Waals surface area (Å²) in [6.45, 7) is 8.28. The molecule has 0 rings (SSSR count). The number of hydrogen-bond donors (Lipinski definition) is 2. The van der Waals surface area contributed by atoms with Gasteiger partial charge in [0.25, 0.3) is 0 Å². The Balaban J connectivity index is -0.000000526. The van der Waals surface area contributed by atoms with Crippen LogP contribution in [0.5, 0.6) is 0 Å². The molecule has 0 spiro atoms. The van der Waals surface area contributed by atoms with Gasteiger partial charge in [0.15, 0.2) is 12.2 Å². The summed E-state index contributed by atoms with van der Waals surface area (Å²) in [4.78, 5) is 41.4. The minimum atomic E-state index is -5.36. The van der Waals surface area contributed by atoms with E-state index < -0.39 is 66.2 Å². The monoisotopic (exact) mass is 952 g/mol. The molecule has 4 unspecified atom stereocenters. The Morgan fingerprint density at radius 2 is 0.694 bits per heavy atom. The van der Waals surface area contributed by atoms with Gasteiger partial charge in [0.1, 0.15) is 0 Å². The van der Waals surface area contributed by atoms with E-state index in [1.807, 2.05) is 0 Å². The molecule has 0 saturated heterocycles. The molecule has 0 amide bonds. The van der Waals surface area contributed by atoms with Gasteiger partial charge in [-0.15, -0.1) is 0 Å². The van der Waals surface area contributed by atoms with Gasteiger partial charge in [0.2, 0.25) is 0 Å². The third kappa shape index (κ3) is 25.4. The first-order valence-corrected chi connectivity index (χ1v) is 24.5. The van der Waals surface area contributed by atoms with Crippen molar-refractivity contribution in [2.75, 3.05) is 39.6 Å². The Kier molecular flexibility index (Phi) is 43.6. The zero-order chi connectivity index (χ0) is 46.1. The summed E-state index contributed by atoms with van der Waals surface area (Å²) in [5.41, 5.74) is 0. The van der Waals surface area contributed by atoms with Crippen LogP contribution < -0.4 is 69.3 Å². The van der Waals surface area contributed by atoms with Crippen molar-refractivity contribution in [1.82, 2.24) is 0 Å². The summed E-state index contributed by atoms with van der Waals surface area (Å²) in [5, 5.41) is 22.8. The fourth-order valence-electron chi connectivity index (χ4n) is 6.25. The molecule has 356 valence electrons. The third-order valence-corrected chi connectivity index (χ3v) is 11.8. The second kappa shape index (κ2) is 39.7. The van der Waals surface area contributed by atoms with Gasteiger partial charge in [0.05, 0.1) is 25.2 Å². The van der Waals surface area contributed by atoms with Gasteiger partial charge in [0, 0.05) is 26.4 Å². The minimum absolute atomic E-state index is 0. The Hall–Kier alpha value is -0.460. The molecular weight excluding hydrogens is 879 g/mol. The molecule has 0 aromatic carbocycles. The quantitative estimate of drug-likeness (QED) is 0.0307. The van der Waals surface area contributed by atoms with Gasteiger partial charge in [-0.2, -0.15) is 16.8 Å². The van der Waals surface area contributed by atoms with Gasteiger partial charge >= 0.3 is 101 Å². The van der Waals surface area contributed by atoms with Crippen molar-refractivity contribution in [3.8, 4) is 0 Å². The van der Waals surface area contributed by atoms with Gasteiger partial charge in [-0.25, -0.2) is 9.59 Å². The summed E-state index contributed by atoms with van der Waals surface area (Å²) < 4.78 is 96.6. The Bertz CT molecular complexity index is 1300. The topological polar surface area (TPSA) is 279 Å².